The molecule has 5 rings (SSSR count). The Morgan fingerprint density at radius 1 is 1.18 bits per heavy atom. The molecule has 0 radical (unpaired) electrons. The summed E-state index contributed by atoms with van der Waals surface area (Å²) in [4.78, 5) is 29.9. The molecule has 28 heavy (non-hydrogen) atoms. The van der Waals surface area contributed by atoms with Gasteiger partial charge in [0.15, 0.2) is 5.43 Å². The Hall–Kier alpha value is -3.03. The number of fused-ring (bicyclic) bond motifs is 2. The van der Waals surface area contributed by atoms with Gasteiger partial charge in [0, 0.05) is 45.7 Å². The van der Waals surface area contributed by atoms with Gasteiger partial charge in [-0.25, -0.2) is 9.97 Å². The maximum absolute atomic E-state index is 13.2. The topological polar surface area (TPSA) is 71.1 Å². The van der Waals surface area contributed by atoms with Crippen LogP contribution in [0.2, 0.25) is 0 Å². The van der Waals surface area contributed by atoms with Crippen LogP contribution in [-0.2, 0) is 17.9 Å². The minimum absolute atomic E-state index is 0.0708. The van der Waals surface area contributed by atoms with Gasteiger partial charge >= 0.3 is 0 Å². The Balaban J connectivity index is 1.71. The Morgan fingerprint density at radius 2 is 2.00 bits per heavy atom. The highest BCUT2D eigenvalue weighted by atomic mass is 32.1. The first-order chi connectivity index (χ1) is 13.8. The van der Waals surface area contributed by atoms with Gasteiger partial charge in [-0.05, 0) is 30.3 Å². The molecule has 0 fully saturated rings. The summed E-state index contributed by atoms with van der Waals surface area (Å²) in [6.45, 7) is 1.04. The van der Waals surface area contributed by atoms with Gasteiger partial charge in [0.1, 0.15) is 6.04 Å². The van der Waals surface area contributed by atoms with Gasteiger partial charge in [-0.1, -0.05) is 12.1 Å². The Morgan fingerprint density at radius 3 is 2.82 bits per heavy atom. The Kier molecular flexibility index (Phi) is 4.18. The average Bonchev–Trinajstić information content (AvgIpc) is 3.34. The number of hydrogen-bond donors (Lipinski definition) is 1. The number of aromatic amines is 1. The van der Waals surface area contributed by atoms with E-state index >= 15 is 0 Å². The van der Waals surface area contributed by atoms with Gasteiger partial charge in [0.05, 0.1) is 18.8 Å². The number of para-hydroxylation sites is 1. The van der Waals surface area contributed by atoms with Crippen LogP contribution in [0.15, 0.2) is 59.7 Å². The number of nitrogens with one attached hydrogen (secondary N) is 1. The molecule has 1 aromatic carbocycles. The van der Waals surface area contributed by atoms with E-state index in [9.17, 15) is 4.79 Å². The van der Waals surface area contributed by atoms with Crippen LogP contribution in [-0.4, -0.2) is 22.1 Å². The number of aromatic nitrogens is 3. The van der Waals surface area contributed by atoms with E-state index in [0.29, 0.717) is 24.5 Å². The van der Waals surface area contributed by atoms with Gasteiger partial charge in [0.25, 0.3) is 0 Å². The molecule has 1 atom stereocenters. The molecule has 0 bridgehead atoms. The van der Waals surface area contributed by atoms with Gasteiger partial charge in [0.2, 0.25) is 5.95 Å². The first kappa shape index (κ1) is 17.1. The highest BCUT2D eigenvalue weighted by Gasteiger charge is 2.37. The highest BCUT2D eigenvalue weighted by Crippen LogP contribution is 2.41. The fraction of sp³-hybridized carbons (Fsp3) is 0.190. The van der Waals surface area contributed by atoms with Crippen molar-refractivity contribution in [2.75, 3.05) is 12.0 Å². The molecule has 0 amide bonds. The highest BCUT2D eigenvalue weighted by molar-refractivity contribution is 7.12. The SMILES string of the molecule is COCc1ccc(C2c3[nH]c4ccccc4c(=O)c3CN2c2ncccn2)s1. The van der Waals surface area contributed by atoms with Crippen molar-refractivity contribution in [2.45, 2.75) is 19.2 Å². The van der Waals surface area contributed by atoms with Gasteiger partial charge in [-0.2, -0.15) is 0 Å². The molecule has 7 heteroatoms. The van der Waals surface area contributed by atoms with E-state index < -0.39 is 0 Å². The predicted octanol–water partition coefficient (Wildman–Crippen LogP) is 3.64. The van der Waals surface area contributed by atoms with Crippen molar-refractivity contribution in [3.05, 3.63) is 86.1 Å². The number of ether oxygens (including phenoxy) is 1. The monoisotopic (exact) mass is 390 g/mol. The second-order valence-corrected chi connectivity index (χ2v) is 7.91. The summed E-state index contributed by atoms with van der Waals surface area (Å²) in [5.74, 6) is 0.613. The van der Waals surface area contributed by atoms with Crippen molar-refractivity contribution in [1.29, 1.82) is 0 Å². The van der Waals surface area contributed by atoms with E-state index in [-0.39, 0.29) is 11.5 Å². The number of thiophene rings is 1. The molecule has 1 N–H and O–H groups in total. The number of H-pyrrole nitrogens is 1. The summed E-state index contributed by atoms with van der Waals surface area (Å²) in [5.41, 5.74) is 2.61. The third-order valence-corrected chi connectivity index (χ3v) is 6.11. The van der Waals surface area contributed by atoms with Crippen LogP contribution >= 0.6 is 11.3 Å². The van der Waals surface area contributed by atoms with Crippen molar-refractivity contribution in [2.24, 2.45) is 0 Å². The molecule has 0 saturated carbocycles. The Bertz CT molecular complexity index is 1200. The minimum Gasteiger partial charge on any atom is -0.379 e. The lowest BCUT2D eigenvalue weighted by Crippen LogP contribution is -2.24. The second kappa shape index (κ2) is 6.85. The van der Waals surface area contributed by atoms with E-state index in [2.05, 4.69) is 32.0 Å². The predicted molar refractivity (Wildman–Crippen MR) is 110 cm³/mol. The zero-order chi connectivity index (χ0) is 19.1. The number of rotatable bonds is 4. The van der Waals surface area contributed by atoms with Crippen LogP contribution in [0.4, 0.5) is 5.95 Å². The summed E-state index contributed by atoms with van der Waals surface area (Å²) < 4.78 is 5.28. The molecule has 3 aromatic heterocycles. The summed E-state index contributed by atoms with van der Waals surface area (Å²) in [6.07, 6.45) is 3.46. The first-order valence-corrected chi connectivity index (χ1v) is 9.83. The van der Waals surface area contributed by atoms with Crippen LogP contribution in [0.3, 0.4) is 0 Å². The van der Waals surface area contributed by atoms with E-state index in [0.717, 1.165) is 26.5 Å². The summed E-state index contributed by atoms with van der Waals surface area (Å²) in [6, 6.07) is 13.5. The maximum Gasteiger partial charge on any atom is 0.226 e. The molecule has 0 spiro atoms. The molecular formula is C21H18N4O2S. The summed E-state index contributed by atoms with van der Waals surface area (Å²) in [7, 11) is 1.69. The number of methoxy groups -OCH3 is 1. The number of hydrogen-bond acceptors (Lipinski definition) is 6. The van der Waals surface area contributed by atoms with E-state index in [1.807, 2.05) is 24.3 Å². The molecule has 1 unspecified atom stereocenters. The standard InChI is InChI=1S/C21H18N4O2S/c1-27-12-13-7-8-17(28-13)19-18-15(11-25(19)21-22-9-4-10-23-21)20(26)14-5-2-3-6-16(14)24-18/h2-10,19H,11-12H2,1H3,(H,24,26). The normalized spacial score (nSPS) is 15.9. The second-order valence-electron chi connectivity index (χ2n) is 6.71. The van der Waals surface area contributed by atoms with Crippen LogP contribution in [0.1, 0.15) is 27.1 Å². The molecular weight excluding hydrogens is 372 g/mol. The van der Waals surface area contributed by atoms with Crippen LogP contribution < -0.4 is 10.3 Å². The number of nitrogens with zero attached hydrogens (tertiary/aromatic N) is 3. The Labute approximate surface area is 165 Å². The van der Waals surface area contributed by atoms with Crippen molar-refractivity contribution < 1.29 is 4.74 Å². The quantitative estimate of drug-likeness (QED) is 0.576. The molecule has 140 valence electrons. The molecule has 1 aliphatic rings. The third-order valence-electron chi connectivity index (χ3n) is 5.00. The van der Waals surface area contributed by atoms with Crippen LogP contribution in [0.5, 0.6) is 0 Å². The molecule has 0 aliphatic carbocycles. The summed E-state index contributed by atoms with van der Waals surface area (Å²) in [5, 5.41) is 0.710. The third kappa shape index (κ3) is 2.71. The minimum atomic E-state index is -0.134. The van der Waals surface area contributed by atoms with Gasteiger partial charge in [-0.3, -0.25) is 4.79 Å². The molecule has 1 aliphatic heterocycles. The van der Waals surface area contributed by atoms with Crippen molar-refractivity contribution in [3.63, 3.8) is 0 Å². The first-order valence-electron chi connectivity index (χ1n) is 9.01. The van der Waals surface area contributed by atoms with Gasteiger partial charge < -0.3 is 14.6 Å². The number of benzene rings is 1. The van der Waals surface area contributed by atoms with E-state index in [4.69, 9.17) is 4.74 Å². The zero-order valence-electron chi connectivity index (χ0n) is 15.3. The lowest BCUT2D eigenvalue weighted by atomic mass is 10.1. The number of anilines is 1. The smallest absolute Gasteiger partial charge is 0.226 e. The largest absolute Gasteiger partial charge is 0.379 e. The maximum atomic E-state index is 13.2. The van der Waals surface area contributed by atoms with E-state index in [1.165, 1.54) is 0 Å². The molecule has 6 nitrogen and oxygen atoms in total. The molecule has 4 aromatic rings. The van der Waals surface area contributed by atoms with Crippen molar-refractivity contribution >= 4 is 28.2 Å². The number of pyridine rings is 1. The van der Waals surface area contributed by atoms with Crippen LogP contribution in [0, 0.1) is 0 Å². The van der Waals surface area contributed by atoms with Crippen molar-refractivity contribution in [1.82, 2.24) is 15.0 Å². The lowest BCUT2D eigenvalue weighted by molar-refractivity contribution is 0.187. The van der Waals surface area contributed by atoms with Gasteiger partial charge in [-0.15, -0.1) is 11.3 Å². The fourth-order valence-electron chi connectivity index (χ4n) is 3.79. The van der Waals surface area contributed by atoms with E-state index in [1.54, 1.807) is 36.9 Å². The zero-order valence-corrected chi connectivity index (χ0v) is 16.1. The molecule has 4 heterocycles. The molecule has 0 saturated heterocycles. The fourth-order valence-corrected chi connectivity index (χ4v) is 4.89. The lowest BCUT2D eigenvalue weighted by Gasteiger charge is -2.24. The van der Waals surface area contributed by atoms with Crippen molar-refractivity contribution in [3.8, 4) is 0 Å². The van der Waals surface area contributed by atoms with Crippen LogP contribution in [0.25, 0.3) is 10.9 Å². The summed E-state index contributed by atoms with van der Waals surface area (Å²) >= 11 is 1.68. The average molecular weight is 390 g/mol.